The van der Waals surface area contributed by atoms with Crippen molar-refractivity contribution in [1.29, 1.82) is 0 Å². The zero-order valence-electron chi connectivity index (χ0n) is 24.8. The molecular formula is C34H38N6O2. The Bertz CT molecular complexity index is 1660. The van der Waals surface area contributed by atoms with Gasteiger partial charge in [-0.3, -0.25) is 9.59 Å². The fraction of sp³-hybridized carbons (Fsp3) is 0.324. The molecule has 8 heteroatoms. The first kappa shape index (κ1) is 27.7. The number of carbonyl (C=O) groups is 1. The molecule has 8 nitrogen and oxygen atoms in total. The van der Waals surface area contributed by atoms with E-state index in [9.17, 15) is 9.59 Å². The normalized spacial score (nSPS) is 16.2. The molecule has 2 aliphatic rings. The number of nitrogens with zero attached hydrogens (tertiary/aromatic N) is 4. The largest absolute Gasteiger partial charge is 0.368 e. The van der Waals surface area contributed by atoms with Crippen LogP contribution < -0.4 is 21.1 Å². The van der Waals surface area contributed by atoms with Gasteiger partial charge in [0.15, 0.2) is 0 Å². The summed E-state index contributed by atoms with van der Waals surface area (Å²) in [6.45, 7) is 8.24. The van der Waals surface area contributed by atoms with Gasteiger partial charge in [0.25, 0.3) is 11.5 Å². The third-order valence-electron chi connectivity index (χ3n) is 8.80. The molecule has 4 aromatic rings. The Morgan fingerprint density at radius 1 is 0.929 bits per heavy atom. The van der Waals surface area contributed by atoms with E-state index in [0.29, 0.717) is 17.1 Å². The third-order valence-corrected chi connectivity index (χ3v) is 8.80. The van der Waals surface area contributed by atoms with Crippen molar-refractivity contribution in [3.8, 4) is 11.1 Å². The van der Waals surface area contributed by atoms with E-state index in [0.717, 1.165) is 54.2 Å². The maximum atomic E-state index is 13.1. The minimum Gasteiger partial charge on any atom is -0.368 e. The van der Waals surface area contributed by atoms with E-state index in [1.807, 2.05) is 67.8 Å². The fourth-order valence-electron chi connectivity index (χ4n) is 5.58. The molecule has 0 unspecified atom stereocenters. The highest BCUT2D eigenvalue weighted by molar-refractivity contribution is 6.05. The van der Waals surface area contributed by atoms with Gasteiger partial charge in [0.1, 0.15) is 11.5 Å². The summed E-state index contributed by atoms with van der Waals surface area (Å²) >= 11 is 0. The first-order chi connectivity index (χ1) is 20.2. The molecule has 2 fully saturated rings. The molecule has 3 heterocycles. The van der Waals surface area contributed by atoms with E-state index < -0.39 is 0 Å². The lowest BCUT2D eigenvalue weighted by atomic mass is 9.97. The van der Waals surface area contributed by atoms with Crippen LogP contribution in [0.15, 0.2) is 77.9 Å². The molecule has 42 heavy (non-hydrogen) atoms. The van der Waals surface area contributed by atoms with Crippen molar-refractivity contribution in [2.75, 3.05) is 48.8 Å². The van der Waals surface area contributed by atoms with Crippen LogP contribution in [0.2, 0.25) is 0 Å². The van der Waals surface area contributed by atoms with Crippen molar-refractivity contribution < 1.29 is 4.79 Å². The highest BCUT2D eigenvalue weighted by Gasteiger charge is 2.38. The van der Waals surface area contributed by atoms with Crippen LogP contribution in [0.1, 0.15) is 41.3 Å². The average molecular weight is 563 g/mol. The number of anilines is 4. The van der Waals surface area contributed by atoms with Crippen LogP contribution >= 0.6 is 0 Å². The van der Waals surface area contributed by atoms with Gasteiger partial charge < -0.3 is 25.0 Å². The summed E-state index contributed by atoms with van der Waals surface area (Å²) in [5.74, 6) is 0.471. The molecule has 0 atom stereocenters. The molecule has 6 rings (SSSR count). The highest BCUT2D eigenvalue weighted by Crippen LogP contribution is 2.47. The quantitative estimate of drug-likeness (QED) is 0.307. The lowest BCUT2D eigenvalue weighted by Crippen LogP contribution is -2.44. The number of hydrogen-bond donors (Lipinski definition) is 2. The summed E-state index contributed by atoms with van der Waals surface area (Å²) in [5, 5.41) is 6.31. The maximum Gasteiger partial charge on any atom is 0.274 e. The lowest BCUT2D eigenvalue weighted by molar-refractivity contribution is 0.102. The second-order valence-corrected chi connectivity index (χ2v) is 11.9. The predicted molar refractivity (Wildman–Crippen MR) is 170 cm³/mol. The number of benzene rings is 2. The molecule has 2 aromatic carbocycles. The van der Waals surface area contributed by atoms with Crippen molar-refractivity contribution in [3.63, 3.8) is 0 Å². The van der Waals surface area contributed by atoms with E-state index in [2.05, 4.69) is 51.5 Å². The molecule has 2 N–H and O–H groups in total. The number of aryl methyl sites for hydroxylation is 1. The van der Waals surface area contributed by atoms with Crippen molar-refractivity contribution >= 4 is 28.8 Å². The smallest absolute Gasteiger partial charge is 0.274 e. The Morgan fingerprint density at radius 2 is 1.67 bits per heavy atom. The highest BCUT2D eigenvalue weighted by atomic mass is 16.1. The SMILES string of the molecule is Cc1c(NC(=O)c2ccc(C3(C)CC3)cc2)cccc1-c1cc(Nc2ccc(N3CCN(C)CC3)cn2)c(=O)n(C)c1. The maximum absolute atomic E-state index is 13.1. The standard InChI is InChI=1S/C34H38N6O2/c1-23-28(6-5-7-29(23)37-32(41)24-8-10-26(11-9-24)34(2)14-15-34)25-20-30(33(42)39(4)22-25)36-31-13-12-27(21-35-31)40-18-16-38(3)17-19-40/h5-13,20-22H,14-19H2,1-4H3,(H,35,36)(H,37,41). The molecule has 0 bridgehead atoms. The van der Waals surface area contributed by atoms with E-state index in [1.165, 1.54) is 18.4 Å². The van der Waals surface area contributed by atoms with Crippen LogP contribution in [0.5, 0.6) is 0 Å². The fourth-order valence-corrected chi connectivity index (χ4v) is 5.58. The number of amides is 1. The van der Waals surface area contributed by atoms with Gasteiger partial charge in [-0.2, -0.15) is 0 Å². The van der Waals surface area contributed by atoms with E-state index in [1.54, 1.807) is 11.6 Å². The average Bonchev–Trinajstić information content (AvgIpc) is 3.75. The first-order valence-electron chi connectivity index (χ1n) is 14.6. The Balaban J connectivity index is 1.20. The summed E-state index contributed by atoms with van der Waals surface area (Å²) in [5.41, 5.74) is 7.03. The van der Waals surface area contributed by atoms with Gasteiger partial charge in [-0.05, 0) is 85.3 Å². The Morgan fingerprint density at radius 3 is 2.33 bits per heavy atom. The summed E-state index contributed by atoms with van der Waals surface area (Å²) in [6.07, 6.45) is 6.08. The van der Waals surface area contributed by atoms with Crippen molar-refractivity contribution in [3.05, 3.63) is 100 Å². The summed E-state index contributed by atoms with van der Waals surface area (Å²) in [4.78, 5) is 35.4. The van der Waals surface area contributed by atoms with Crippen molar-refractivity contribution in [2.45, 2.75) is 32.1 Å². The number of rotatable bonds is 7. The molecule has 216 valence electrons. The number of hydrogen-bond acceptors (Lipinski definition) is 6. The Labute approximate surface area is 247 Å². The zero-order valence-corrected chi connectivity index (χ0v) is 24.8. The minimum atomic E-state index is -0.144. The third kappa shape index (κ3) is 5.67. The number of pyridine rings is 2. The Kier molecular flexibility index (Phi) is 7.33. The number of likely N-dealkylation sites (N-methyl/N-ethyl adjacent to an activating group) is 1. The van der Waals surface area contributed by atoms with Crippen LogP contribution in [-0.4, -0.2) is 53.6 Å². The number of nitrogens with one attached hydrogen (secondary N) is 2. The van der Waals surface area contributed by atoms with E-state index in [4.69, 9.17) is 0 Å². The predicted octanol–water partition coefficient (Wildman–Crippen LogP) is 5.55. The van der Waals surface area contributed by atoms with Gasteiger partial charge in [-0.1, -0.05) is 31.2 Å². The van der Waals surface area contributed by atoms with Gasteiger partial charge >= 0.3 is 0 Å². The van der Waals surface area contributed by atoms with Crippen LogP contribution in [0, 0.1) is 6.92 Å². The number of piperazine rings is 1. The van der Waals surface area contributed by atoms with Crippen LogP contribution in [0.25, 0.3) is 11.1 Å². The minimum absolute atomic E-state index is 0.142. The summed E-state index contributed by atoms with van der Waals surface area (Å²) in [6, 6.07) is 19.6. The van der Waals surface area contributed by atoms with Crippen LogP contribution in [-0.2, 0) is 12.5 Å². The van der Waals surface area contributed by atoms with Crippen molar-refractivity contribution in [1.82, 2.24) is 14.5 Å². The van der Waals surface area contributed by atoms with Gasteiger partial charge in [0, 0.05) is 56.2 Å². The molecule has 1 aliphatic heterocycles. The molecule has 1 saturated heterocycles. The van der Waals surface area contributed by atoms with Crippen LogP contribution in [0.4, 0.5) is 22.9 Å². The van der Waals surface area contributed by atoms with Crippen LogP contribution in [0.3, 0.4) is 0 Å². The second-order valence-electron chi connectivity index (χ2n) is 11.9. The van der Waals surface area contributed by atoms with Gasteiger partial charge in [0.2, 0.25) is 0 Å². The molecule has 1 amide bonds. The zero-order chi connectivity index (χ0) is 29.4. The lowest BCUT2D eigenvalue weighted by Gasteiger charge is -2.33. The van der Waals surface area contributed by atoms with Crippen molar-refractivity contribution in [2.24, 2.45) is 7.05 Å². The summed E-state index contributed by atoms with van der Waals surface area (Å²) < 4.78 is 1.57. The molecule has 1 saturated carbocycles. The van der Waals surface area contributed by atoms with Gasteiger partial charge in [-0.25, -0.2) is 4.98 Å². The molecule has 0 spiro atoms. The summed E-state index contributed by atoms with van der Waals surface area (Å²) in [7, 11) is 3.88. The second kappa shape index (κ2) is 11.1. The molecule has 1 aliphatic carbocycles. The number of carbonyl (C=O) groups excluding carboxylic acids is 1. The monoisotopic (exact) mass is 562 g/mol. The topological polar surface area (TPSA) is 82.5 Å². The van der Waals surface area contributed by atoms with Gasteiger partial charge in [0.05, 0.1) is 11.9 Å². The Hall–Kier alpha value is -4.43. The van der Waals surface area contributed by atoms with E-state index >= 15 is 0 Å². The first-order valence-corrected chi connectivity index (χ1v) is 14.6. The molecule has 2 aromatic heterocycles. The molecular weight excluding hydrogens is 524 g/mol. The molecule has 0 radical (unpaired) electrons. The van der Waals surface area contributed by atoms with Gasteiger partial charge in [-0.15, -0.1) is 0 Å². The van der Waals surface area contributed by atoms with E-state index in [-0.39, 0.29) is 16.9 Å². The number of aromatic nitrogens is 2.